The van der Waals surface area contributed by atoms with E-state index in [9.17, 15) is 14.4 Å². The molecule has 19 heavy (non-hydrogen) atoms. The van der Waals surface area contributed by atoms with Crippen molar-refractivity contribution in [2.24, 2.45) is 5.73 Å². The highest BCUT2D eigenvalue weighted by atomic mass is 16.5. The molecule has 3 atom stereocenters. The van der Waals surface area contributed by atoms with E-state index < -0.39 is 30.0 Å². The minimum Gasteiger partial charge on any atom is -0.481 e. The average Bonchev–Trinajstić information content (AvgIpc) is 2.82. The minimum absolute atomic E-state index is 0.163. The van der Waals surface area contributed by atoms with Crippen molar-refractivity contribution in [3.8, 4) is 0 Å². The Hall–Kier alpha value is -1.67. The first-order valence-corrected chi connectivity index (χ1v) is 6.04. The Kier molecular flexibility index (Phi) is 5.71. The summed E-state index contributed by atoms with van der Waals surface area (Å²) in [4.78, 5) is 33.1. The molecule has 0 aliphatic carbocycles. The number of nitrogens with two attached hydrogens (primary N) is 1. The molecule has 0 aromatic carbocycles. The highest BCUT2D eigenvalue weighted by molar-refractivity contribution is 5.86. The summed E-state index contributed by atoms with van der Waals surface area (Å²) in [6, 6.07) is -1.22. The second-order valence-corrected chi connectivity index (χ2v) is 4.39. The Morgan fingerprint density at radius 1 is 1.32 bits per heavy atom. The Morgan fingerprint density at radius 3 is 2.47 bits per heavy atom. The van der Waals surface area contributed by atoms with Crippen LogP contribution in [-0.2, 0) is 19.1 Å². The number of hydrogen-bond donors (Lipinski definition) is 4. The molecule has 0 saturated carbocycles. The smallest absolute Gasteiger partial charge is 0.326 e. The van der Waals surface area contributed by atoms with Gasteiger partial charge in [-0.1, -0.05) is 0 Å². The van der Waals surface area contributed by atoms with Crippen LogP contribution in [0.1, 0.15) is 25.7 Å². The lowest BCUT2D eigenvalue weighted by atomic mass is 10.1. The minimum atomic E-state index is -1.26. The first kappa shape index (κ1) is 15.4. The second kappa shape index (κ2) is 7.05. The third kappa shape index (κ3) is 4.84. The van der Waals surface area contributed by atoms with Gasteiger partial charge < -0.3 is 26.0 Å². The molecule has 1 amide bonds. The van der Waals surface area contributed by atoms with Gasteiger partial charge in [-0.25, -0.2) is 4.79 Å². The van der Waals surface area contributed by atoms with E-state index in [-0.39, 0.29) is 18.9 Å². The Bertz CT molecular complexity index is 359. The zero-order valence-corrected chi connectivity index (χ0v) is 10.4. The van der Waals surface area contributed by atoms with Crippen LogP contribution in [0, 0.1) is 0 Å². The van der Waals surface area contributed by atoms with Crippen LogP contribution in [0.5, 0.6) is 0 Å². The maximum atomic E-state index is 11.8. The SMILES string of the molecule is NCC1CCC(C(=O)N[C@@H](CCC(=O)O)C(=O)O)O1. The fraction of sp³-hybridized carbons (Fsp3) is 0.727. The van der Waals surface area contributed by atoms with Crippen LogP contribution in [0.4, 0.5) is 0 Å². The molecule has 108 valence electrons. The molecule has 0 aromatic rings. The third-order valence-corrected chi connectivity index (χ3v) is 2.92. The van der Waals surface area contributed by atoms with Crippen LogP contribution in [-0.4, -0.2) is 52.9 Å². The van der Waals surface area contributed by atoms with E-state index in [1.165, 1.54) is 0 Å². The average molecular weight is 274 g/mol. The van der Waals surface area contributed by atoms with Gasteiger partial charge in [0.1, 0.15) is 12.1 Å². The molecule has 1 heterocycles. The third-order valence-electron chi connectivity index (χ3n) is 2.92. The Labute approximate surface area is 109 Å². The van der Waals surface area contributed by atoms with Gasteiger partial charge in [-0.15, -0.1) is 0 Å². The molecule has 0 bridgehead atoms. The quantitative estimate of drug-likeness (QED) is 0.463. The molecule has 1 saturated heterocycles. The first-order valence-electron chi connectivity index (χ1n) is 6.04. The van der Waals surface area contributed by atoms with Gasteiger partial charge in [0.2, 0.25) is 5.91 Å². The van der Waals surface area contributed by atoms with Crippen molar-refractivity contribution in [1.82, 2.24) is 5.32 Å². The lowest BCUT2D eigenvalue weighted by Gasteiger charge is -2.17. The molecule has 0 radical (unpaired) electrons. The maximum Gasteiger partial charge on any atom is 0.326 e. The van der Waals surface area contributed by atoms with E-state index in [1.54, 1.807) is 0 Å². The van der Waals surface area contributed by atoms with E-state index in [1.807, 2.05) is 0 Å². The van der Waals surface area contributed by atoms with Crippen molar-refractivity contribution < 1.29 is 29.3 Å². The Morgan fingerprint density at radius 2 is 2.00 bits per heavy atom. The number of nitrogens with one attached hydrogen (secondary N) is 1. The summed E-state index contributed by atoms with van der Waals surface area (Å²) in [7, 11) is 0. The van der Waals surface area contributed by atoms with Crippen LogP contribution in [0.25, 0.3) is 0 Å². The summed E-state index contributed by atoms with van der Waals surface area (Å²) in [6.07, 6.45) is -0.240. The standard InChI is InChI=1S/C11H18N2O6/c12-5-6-1-3-8(19-6)10(16)13-7(11(17)18)2-4-9(14)15/h6-8H,1-5,12H2,(H,13,16)(H,14,15)(H,17,18)/t6?,7-,8?/m0/s1. The summed E-state index contributed by atoms with van der Waals surface area (Å²) < 4.78 is 5.33. The van der Waals surface area contributed by atoms with Crippen molar-refractivity contribution in [3.05, 3.63) is 0 Å². The molecule has 1 fully saturated rings. The van der Waals surface area contributed by atoms with Crippen molar-refractivity contribution in [2.45, 2.75) is 43.9 Å². The van der Waals surface area contributed by atoms with Crippen LogP contribution >= 0.6 is 0 Å². The van der Waals surface area contributed by atoms with Crippen LogP contribution in [0.2, 0.25) is 0 Å². The molecular formula is C11H18N2O6. The van der Waals surface area contributed by atoms with Gasteiger partial charge in [-0.05, 0) is 19.3 Å². The molecule has 0 aromatic heterocycles. The molecule has 8 nitrogen and oxygen atoms in total. The molecule has 1 aliphatic heterocycles. The molecule has 8 heteroatoms. The lowest BCUT2D eigenvalue weighted by Crippen LogP contribution is -2.45. The topological polar surface area (TPSA) is 139 Å². The van der Waals surface area contributed by atoms with Gasteiger partial charge >= 0.3 is 11.9 Å². The molecular weight excluding hydrogens is 256 g/mol. The summed E-state index contributed by atoms with van der Waals surface area (Å²) in [5.41, 5.74) is 5.41. The summed E-state index contributed by atoms with van der Waals surface area (Å²) >= 11 is 0. The molecule has 0 spiro atoms. The first-order chi connectivity index (χ1) is 8.93. The second-order valence-electron chi connectivity index (χ2n) is 4.39. The summed E-state index contributed by atoms with van der Waals surface area (Å²) in [6.45, 7) is 0.311. The number of ether oxygens (including phenoxy) is 1. The van der Waals surface area contributed by atoms with Gasteiger partial charge in [0.25, 0.3) is 0 Å². The van der Waals surface area contributed by atoms with E-state index in [0.717, 1.165) is 0 Å². The number of carbonyl (C=O) groups excluding carboxylic acids is 1. The number of aliphatic carboxylic acids is 2. The molecule has 1 aliphatic rings. The zero-order chi connectivity index (χ0) is 14.4. The monoisotopic (exact) mass is 274 g/mol. The number of rotatable bonds is 7. The van der Waals surface area contributed by atoms with Gasteiger partial charge in [-0.3, -0.25) is 9.59 Å². The molecule has 2 unspecified atom stereocenters. The van der Waals surface area contributed by atoms with E-state index in [4.69, 9.17) is 20.7 Å². The fourth-order valence-electron chi connectivity index (χ4n) is 1.86. The van der Waals surface area contributed by atoms with Crippen molar-refractivity contribution >= 4 is 17.8 Å². The zero-order valence-electron chi connectivity index (χ0n) is 10.4. The van der Waals surface area contributed by atoms with Crippen molar-refractivity contribution in [1.29, 1.82) is 0 Å². The number of carboxylic acids is 2. The number of carboxylic acid groups (broad SMARTS) is 2. The number of amides is 1. The predicted molar refractivity (Wildman–Crippen MR) is 63.4 cm³/mol. The van der Waals surface area contributed by atoms with Crippen LogP contribution in [0.3, 0.4) is 0 Å². The number of carbonyl (C=O) groups is 3. The largest absolute Gasteiger partial charge is 0.481 e. The predicted octanol–water partition coefficient (Wildman–Crippen LogP) is -1.07. The summed E-state index contributed by atoms with van der Waals surface area (Å²) in [5.74, 6) is -2.91. The Balaban J connectivity index is 2.47. The lowest BCUT2D eigenvalue weighted by molar-refractivity contribution is -0.145. The van der Waals surface area contributed by atoms with Crippen LogP contribution in [0.15, 0.2) is 0 Å². The fourth-order valence-corrected chi connectivity index (χ4v) is 1.86. The van der Waals surface area contributed by atoms with Gasteiger partial charge in [0.15, 0.2) is 0 Å². The van der Waals surface area contributed by atoms with Crippen molar-refractivity contribution in [2.75, 3.05) is 6.54 Å². The normalized spacial score (nSPS) is 23.8. The van der Waals surface area contributed by atoms with Gasteiger partial charge in [-0.2, -0.15) is 0 Å². The highest BCUT2D eigenvalue weighted by Crippen LogP contribution is 2.19. The van der Waals surface area contributed by atoms with E-state index in [2.05, 4.69) is 5.32 Å². The molecule has 1 rings (SSSR count). The van der Waals surface area contributed by atoms with E-state index >= 15 is 0 Å². The van der Waals surface area contributed by atoms with Gasteiger partial charge in [0, 0.05) is 13.0 Å². The van der Waals surface area contributed by atoms with Crippen molar-refractivity contribution in [3.63, 3.8) is 0 Å². The summed E-state index contributed by atoms with van der Waals surface area (Å²) in [5, 5.41) is 19.7. The van der Waals surface area contributed by atoms with Gasteiger partial charge in [0.05, 0.1) is 6.10 Å². The maximum absolute atomic E-state index is 11.8. The van der Waals surface area contributed by atoms with Crippen LogP contribution < -0.4 is 11.1 Å². The van der Waals surface area contributed by atoms with E-state index in [0.29, 0.717) is 19.4 Å². The molecule has 5 N–H and O–H groups in total. The number of hydrogen-bond acceptors (Lipinski definition) is 5. The highest BCUT2D eigenvalue weighted by Gasteiger charge is 2.32.